The highest BCUT2D eigenvalue weighted by atomic mass is 16.5. The van der Waals surface area contributed by atoms with Crippen LogP contribution in [0.5, 0.6) is 11.5 Å². The van der Waals surface area contributed by atoms with E-state index in [1.54, 1.807) is 14.2 Å². The maximum atomic E-state index is 11.2. The number of carboxylic acids is 1. The van der Waals surface area contributed by atoms with Crippen LogP contribution in [0.4, 0.5) is 0 Å². The normalized spacial score (nSPS) is 13.7. The van der Waals surface area contributed by atoms with E-state index in [1.807, 2.05) is 19.1 Å². The van der Waals surface area contributed by atoms with E-state index in [0.717, 1.165) is 5.56 Å². The van der Waals surface area contributed by atoms with Gasteiger partial charge in [-0.05, 0) is 31.5 Å². The number of hydrogen-bond acceptors (Lipinski definition) is 5. The standard InChI is InChI=1S/C14H21NO5/c1-9-5-11(19-3)10(12(6-9)20-4)7-15-14(2,8-16)13(17)18/h5-6,15-16H,7-8H2,1-4H3,(H,17,18). The van der Waals surface area contributed by atoms with Crippen molar-refractivity contribution in [1.82, 2.24) is 5.32 Å². The van der Waals surface area contributed by atoms with Crippen LogP contribution in [0.3, 0.4) is 0 Å². The molecule has 0 aliphatic heterocycles. The molecular weight excluding hydrogens is 262 g/mol. The third-order valence-corrected chi connectivity index (χ3v) is 3.20. The van der Waals surface area contributed by atoms with Crippen molar-refractivity contribution < 1.29 is 24.5 Å². The lowest BCUT2D eigenvalue weighted by atomic mass is 10.0. The molecule has 3 N–H and O–H groups in total. The monoisotopic (exact) mass is 283 g/mol. The number of aliphatic hydroxyl groups is 1. The van der Waals surface area contributed by atoms with Crippen molar-refractivity contribution in [2.75, 3.05) is 20.8 Å². The predicted octanol–water partition coefficient (Wildman–Crippen LogP) is 0.937. The van der Waals surface area contributed by atoms with Crippen LogP contribution in [0.2, 0.25) is 0 Å². The maximum absolute atomic E-state index is 11.2. The lowest BCUT2D eigenvalue weighted by molar-refractivity contribution is -0.145. The minimum atomic E-state index is -1.42. The SMILES string of the molecule is COc1cc(C)cc(OC)c1CNC(C)(CO)C(=O)O. The molecule has 1 aromatic rings. The quantitative estimate of drug-likeness (QED) is 0.690. The van der Waals surface area contributed by atoms with Crippen LogP contribution >= 0.6 is 0 Å². The summed E-state index contributed by atoms with van der Waals surface area (Å²) in [5.41, 5.74) is 0.271. The zero-order valence-electron chi connectivity index (χ0n) is 12.2. The topological polar surface area (TPSA) is 88.0 Å². The molecule has 1 rings (SSSR count). The van der Waals surface area contributed by atoms with Crippen molar-refractivity contribution in [2.24, 2.45) is 0 Å². The molecule has 0 fully saturated rings. The van der Waals surface area contributed by atoms with Gasteiger partial charge in [-0.15, -0.1) is 0 Å². The van der Waals surface area contributed by atoms with Gasteiger partial charge in [0.15, 0.2) is 0 Å². The Morgan fingerprint density at radius 3 is 2.15 bits per heavy atom. The zero-order valence-corrected chi connectivity index (χ0v) is 12.2. The van der Waals surface area contributed by atoms with Crippen molar-refractivity contribution in [3.8, 4) is 11.5 Å². The second kappa shape index (κ2) is 6.58. The third kappa shape index (κ3) is 3.40. The molecule has 0 amide bonds. The summed E-state index contributed by atoms with van der Waals surface area (Å²) >= 11 is 0. The average molecular weight is 283 g/mol. The lowest BCUT2D eigenvalue weighted by Crippen LogP contribution is -2.52. The molecule has 6 nitrogen and oxygen atoms in total. The number of ether oxygens (including phenoxy) is 2. The van der Waals surface area contributed by atoms with Crippen LogP contribution in [-0.4, -0.2) is 42.5 Å². The van der Waals surface area contributed by atoms with Crippen molar-refractivity contribution >= 4 is 5.97 Å². The fraction of sp³-hybridized carbons (Fsp3) is 0.500. The van der Waals surface area contributed by atoms with Gasteiger partial charge in [-0.1, -0.05) is 0 Å². The number of hydrogen-bond donors (Lipinski definition) is 3. The number of aryl methyl sites for hydroxylation is 1. The Labute approximate surface area is 118 Å². The molecule has 0 spiro atoms. The van der Waals surface area contributed by atoms with Crippen LogP contribution in [0.15, 0.2) is 12.1 Å². The summed E-state index contributed by atoms with van der Waals surface area (Å²) in [6.45, 7) is 3.02. The van der Waals surface area contributed by atoms with Crippen LogP contribution in [0.25, 0.3) is 0 Å². The Hall–Kier alpha value is -1.79. The predicted molar refractivity (Wildman–Crippen MR) is 74.2 cm³/mol. The summed E-state index contributed by atoms with van der Waals surface area (Å²) in [6, 6.07) is 3.69. The van der Waals surface area contributed by atoms with Gasteiger partial charge in [-0.25, -0.2) is 0 Å². The molecule has 112 valence electrons. The molecule has 0 radical (unpaired) electrons. The number of carboxylic acid groups (broad SMARTS) is 1. The van der Waals surface area contributed by atoms with Gasteiger partial charge in [-0.2, -0.15) is 0 Å². The van der Waals surface area contributed by atoms with Gasteiger partial charge in [0.25, 0.3) is 0 Å². The third-order valence-electron chi connectivity index (χ3n) is 3.20. The molecule has 6 heteroatoms. The zero-order chi connectivity index (χ0) is 15.3. The first-order valence-electron chi connectivity index (χ1n) is 6.18. The highest BCUT2D eigenvalue weighted by molar-refractivity contribution is 5.78. The van der Waals surface area contributed by atoms with Crippen molar-refractivity contribution in [1.29, 1.82) is 0 Å². The molecule has 1 atom stereocenters. The first-order valence-corrected chi connectivity index (χ1v) is 6.18. The lowest BCUT2D eigenvalue weighted by Gasteiger charge is -2.25. The second-order valence-corrected chi connectivity index (χ2v) is 4.80. The average Bonchev–Trinajstić information content (AvgIpc) is 2.44. The van der Waals surface area contributed by atoms with E-state index in [4.69, 9.17) is 14.6 Å². The summed E-state index contributed by atoms with van der Waals surface area (Å²) < 4.78 is 10.6. The molecule has 0 aliphatic carbocycles. The van der Waals surface area contributed by atoms with Gasteiger partial charge in [0.2, 0.25) is 0 Å². The Kier molecular flexibility index (Phi) is 5.35. The number of carbonyl (C=O) groups is 1. The maximum Gasteiger partial charge on any atom is 0.326 e. The minimum absolute atomic E-state index is 0.204. The van der Waals surface area contributed by atoms with Crippen molar-refractivity contribution in [2.45, 2.75) is 25.9 Å². The molecule has 0 aliphatic rings. The summed E-state index contributed by atoms with van der Waals surface area (Å²) in [5, 5.41) is 21.2. The summed E-state index contributed by atoms with van der Waals surface area (Å²) in [6.07, 6.45) is 0. The Balaban J connectivity index is 3.05. The highest BCUT2D eigenvalue weighted by Gasteiger charge is 2.32. The first-order chi connectivity index (χ1) is 9.37. The number of aliphatic carboxylic acids is 1. The molecule has 1 aromatic carbocycles. The van der Waals surface area contributed by atoms with E-state index >= 15 is 0 Å². The van der Waals surface area contributed by atoms with Crippen LogP contribution in [0, 0.1) is 6.92 Å². The van der Waals surface area contributed by atoms with Crippen molar-refractivity contribution in [3.05, 3.63) is 23.3 Å². The van der Waals surface area contributed by atoms with Gasteiger partial charge in [0, 0.05) is 12.1 Å². The van der Waals surface area contributed by atoms with E-state index in [0.29, 0.717) is 17.1 Å². The molecule has 1 unspecified atom stereocenters. The molecular formula is C14H21NO5. The van der Waals surface area contributed by atoms with Gasteiger partial charge in [0.05, 0.1) is 20.8 Å². The molecule has 0 heterocycles. The van der Waals surface area contributed by atoms with E-state index in [9.17, 15) is 9.90 Å². The van der Waals surface area contributed by atoms with E-state index in [2.05, 4.69) is 5.32 Å². The van der Waals surface area contributed by atoms with E-state index < -0.39 is 18.1 Å². The van der Waals surface area contributed by atoms with Gasteiger partial charge in [-0.3, -0.25) is 10.1 Å². The van der Waals surface area contributed by atoms with Crippen molar-refractivity contribution in [3.63, 3.8) is 0 Å². The number of rotatable bonds is 7. The van der Waals surface area contributed by atoms with Crippen LogP contribution < -0.4 is 14.8 Å². The summed E-state index contributed by atoms with van der Waals surface area (Å²) in [5.74, 6) is 0.102. The van der Waals surface area contributed by atoms with Crippen LogP contribution in [0.1, 0.15) is 18.1 Å². The summed E-state index contributed by atoms with van der Waals surface area (Å²) in [7, 11) is 3.08. The Morgan fingerprint density at radius 1 is 1.30 bits per heavy atom. The molecule has 0 saturated carbocycles. The molecule has 0 saturated heterocycles. The number of methoxy groups -OCH3 is 2. The number of benzene rings is 1. The van der Waals surface area contributed by atoms with Gasteiger partial charge in [0.1, 0.15) is 17.0 Å². The molecule has 0 aromatic heterocycles. The van der Waals surface area contributed by atoms with E-state index in [1.165, 1.54) is 6.92 Å². The van der Waals surface area contributed by atoms with E-state index in [-0.39, 0.29) is 6.54 Å². The fourth-order valence-electron chi connectivity index (χ4n) is 1.77. The largest absolute Gasteiger partial charge is 0.496 e. The van der Waals surface area contributed by atoms with Crippen LogP contribution in [-0.2, 0) is 11.3 Å². The summed E-state index contributed by atoms with van der Waals surface area (Å²) in [4.78, 5) is 11.2. The minimum Gasteiger partial charge on any atom is -0.496 e. The van der Waals surface area contributed by atoms with Gasteiger partial charge >= 0.3 is 5.97 Å². The molecule has 20 heavy (non-hydrogen) atoms. The smallest absolute Gasteiger partial charge is 0.326 e. The number of nitrogens with one attached hydrogen (secondary N) is 1. The Bertz CT molecular complexity index is 463. The van der Waals surface area contributed by atoms with Gasteiger partial charge < -0.3 is 19.7 Å². The highest BCUT2D eigenvalue weighted by Crippen LogP contribution is 2.30. The second-order valence-electron chi connectivity index (χ2n) is 4.80. The number of aliphatic hydroxyl groups excluding tert-OH is 1. The first kappa shape index (κ1) is 16.3. The fourth-order valence-corrected chi connectivity index (χ4v) is 1.77. The Morgan fingerprint density at radius 2 is 1.80 bits per heavy atom. The molecule has 0 bridgehead atoms.